The van der Waals surface area contributed by atoms with E-state index in [0.29, 0.717) is 11.8 Å². The van der Waals surface area contributed by atoms with Gasteiger partial charge in [-0.3, -0.25) is 0 Å². The molecule has 0 bridgehead atoms. The molecule has 76 heavy (non-hydrogen) atoms. The predicted molar refractivity (Wildman–Crippen MR) is 328 cm³/mol. The lowest BCUT2D eigenvalue weighted by atomic mass is 9.84. The molecular weight excluding hydrogens is 917 g/mol. The number of hydrogen-bond acceptors (Lipinski definition) is 2. The van der Waals surface area contributed by atoms with Crippen LogP contribution in [0.1, 0.15) is 87.2 Å². The summed E-state index contributed by atoms with van der Waals surface area (Å²) >= 11 is 0. The van der Waals surface area contributed by atoms with E-state index in [-0.39, 0.29) is 0 Å². The molecule has 13 aromatic carbocycles. The average Bonchev–Trinajstić information content (AvgIpc) is 3.54. The van der Waals surface area contributed by atoms with E-state index < -0.39 is 0 Å². The van der Waals surface area contributed by atoms with Gasteiger partial charge in [-0.2, -0.15) is 0 Å². The van der Waals surface area contributed by atoms with Crippen LogP contribution in [0.25, 0.3) is 86.2 Å². The maximum Gasteiger partial charge on any atom is 0.0468 e. The van der Waals surface area contributed by atoms with Crippen molar-refractivity contribution in [3.63, 3.8) is 0 Å². The van der Waals surface area contributed by atoms with Crippen LogP contribution in [0.5, 0.6) is 0 Å². The van der Waals surface area contributed by atoms with E-state index in [1.165, 1.54) is 196 Å². The van der Waals surface area contributed by atoms with Gasteiger partial charge in [-0.25, -0.2) is 0 Å². The number of nitrogens with zero attached hydrogens (tertiary/aromatic N) is 2. The first-order valence-electron chi connectivity index (χ1n) is 28.1. The third-order valence-electron chi connectivity index (χ3n) is 17.7. The van der Waals surface area contributed by atoms with Gasteiger partial charge in [0.1, 0.15) is 0 Å². The number of anilines is 6. The van der Waals surface area contributed by atoms with E-state index >= 15 is 0 Å². The standard InChI is InChI=1S/C74H60N2/c1-3-17-49(18-4-1)55-25-15-27-57(41-55)75(59-35-33-51-21-7-9-23-53(51)43-59)61-37-39-67-69(45-61)63-29-11-13-31-65(63)71-48-74-68-40-38-62(46-70(68)64-30-12-14-32-66(64)72(74)47-73(67)71)76(60-36-34-52-22-8-10-24-54(52)44-60)58-28-16-26-56(42-58)50-19-5-2-6-20-50/h7-16,21-50H,1-6,17-20H2. The lowest BCUT2D eigenvalue weighted by Crippen LogP contribution is -2.11. The van der Waals surface area contributed by atoms with Crippen molar-refractivity contribution in [2.45, 2.75) is 76.0 Å². The molecule has 2 heteroatoms. The quantitative estimate of drug-likeness (QED) is 0.111. The number of hydrogen-bond donors (Lipinski definition) is 0. The summed E-state index contributed by atoms with van der Waals surface area (Å²) < 4.78 is 0. The number of rotatable bonds is 8. The third-order valence-corrected chi connectivity index (χ3v) is 17.7. The second-order valence-corrected chi connectivity index (χ2v) is 22.1. The Morgan fingerprint density at radius 3 is 0.934 bits per heavy atom. The van der Waals surface area contributed by atoms with Gasteiger partial charge < -0.3 is 9.80 Å². The van der Waals surface area contributed by atoms with Gasteiger partial charge in [-0.15, -0.1) is 0 Å². The van der Waals surface area contributed by atoms with Crippen LogP contribution in [-0.2, 0) is 0 Å². The smallest absolute Gasteiger partial charge is 0.0468 e. The Labute approximate surface area is 445 Å². The van der Waals surface area contributed by atoms with E-state index in [2.05, 4.69) is 240 Å². The molecular formula is C74H60N2. The minimum Gasteiger partial charge on any atom is -0.310 e. The second kappa shape index (κ2) is 18.7. The molecule has 2 aliphatic rings. The summed E-state index contributed by atoms with van der Waals surface area (Å²) in [7, 11) is 0. The molecule has 0 saturated heterocycles. The van der Waals surface area contributed by atoms with Gasteiger partial charge in [0, 0.05) is 34.1 Å². The summed E-state index contributed by atoms with van der Waals surface area (Å²) in [5.74, 6) is 1.23. The first-order valence-corrected chi connectivity index (χ1v) is 28.1. The van der Waals surface area contributed by atoms with Gasteiger partial charge in [-0.1, -0.05) is 184 Å². The summed E-state index contributed by atoms with van der Waals surface area (Å²) in [6, 6.07) is 88.0. The second-order valence-electron chi connectivity index (χ2n) is 22.1. The van der Waals surface area contributed by atoms with Crippen molar-refractivity contribution in [3.8, 4) is 0 Å². The first-order chi connectivity index (χ1) is 37.7. The van der Waals surface area contributed by atoms with Crippen LogP contribution in [0.2, 0.25) is 0 Å². The Morgan fingerprint density at radius 1 is 0.211 bits per heavy atom. The molecule has 2 nitrogen and oxygen atoms in total. The largest absolute Gasteiger partial charge is 0.310 e. The van der Waals surface area contributed by atoms with Gasteiger partial charge in [-0.05, 0) is 220 Å². The van der Waals surface area contributed by atoms with Crippen LogP contribution in [0.3, 0.4) is 0 Å². The molecule has 0 heterocycles. The Morgan fingerprint density at radius 2 is 0.526 bits per heavy atom. The SMILES string of the molecule is c1cc(C2CCCCC2)cc(N(c2ccc3ccccc3c2)c2ccc3c(c2)c2ccccc2c2cc4c5ccc(N(c6cccc(C7CCCCC7)c6)c6ccc7ccccc7c6)cc5c5ccccc5c4cc32)c1. The van der Waals surface area contributed by atoms with Gasteiger partial charge >= 0.3 is 0 Å². The highest BCUT2D eigenvalue weighted by Crippen LogP contribution is 2.48. The maximum absolute atomic E-state index is 2.52. The van der Waals surface area contributed by atoms with Gasteiger partial charge in [0.05, 0.1) is 0 Å². The molecule has 0 spiro atoms. The molecule has 13 aromatic rings. The molecule has 0 unspecified atom stereocenters. The van der Waals surface area contributed by atoms with Gasteiger partial charge in [0.25, 0.3) is 0 Å². The van der Waals surface area contributed by atoms with Crippen LogP contribution < -0.4 is 9.80 Å². The topological polar surface area (TPSA) is 6.48 Å². The predicted octanol–water partition coefficient (Wildman–Crippen LogP) is 21.9. The van der Waals surface area contributed by atoms with Crippen molar-refractivity contribution in [3.05, 3.63) is 242 Å². The Hall–Kier alpha value is -8.46. The van der Waals surface area contributed by atoms with Crippen LogP contribution in [0.15, 0.2) is 231 Å². The van der Waals surface area contributed by atoms with Gasteiger partial charge in [0.2, 0.25) is 0 Å². The summed E-state index contributed by atoms with van der Waals surface area (Å²) in [6.07, 6.45) is 13.1. The van der Waals surface area contributed by atoms with E-state index in [1.54, 1.807) is 0 Å². The normalized spacial score (nSPS) is 14.7. The molecule has 2 aliphatic carbocycles. The summed E-state index contributed by atoms with van der Waals surface area (Å²) in [5.41, 5.74) is 10.0. The van der Waals surface area contributed by atoms with Crippen molar-refractivity contribution in [2.24, 2.45) is 0 Å². The molecule has 2 saturated carbocycles. The fourth-order valence-electron chi connectivity index (χ4n) is 13.9. The Kier molecular flexibility index (Phi) is 11.1. The Bertz CT molecular complexity index is 4120. The molecule has 2 fully saturated rings. The highest BCUT2D eigenvalue weighted by atomic mass is 15.1. The maximum atomic E-state index is 2.52. The van der Waals surface area contributed by atoms with Gasteiger partial charge in [0.15, 0.2) is 0 Å². The van der Waals surface area contributed by atoms with Crippen molar-refractivity contribution in [2.75, 3.05) is 9.80 Å². The minimum atomic E-state index is 0.614. The average molecular weight is 977 g/mol. The fraction of sp³-hybridized carbons (Fsp3) is 0.162. The van der Waals surface area contributed by atoms with Crippen molar-refractivity contribution >= 4 is 120 Å². The summed E-state index contributed by atoms with van der Waals surface area (Å²) in [5, 5.41) is 20.3. The van der Waals surface area contributed by atoms with Crippen molar-refractivity contribution < 1.29 is 0 Å². The van der Waals surface area contributed by atoms with Crippen molar-refractivity contribution in [1.82, 2.24) is 0 Å². The van der Waals surface area contributed by atoms with Crippen LogP contribution >= 0.6 is 0 Å². The monoisotopic (exact) mass is 976 g/mol. The number of benzene rings is 13. The van der Waals surface area contributed by atoms with E-state index in [0.717, 1.165) is 0 Å². The van der Waals surface area contributed by atoms with E-state index in [9.17, 15) is 0 Å². The number of fused-ring (bicyclic) bond motifs is 14. The highest BCUT2D eigenvalue weighted by molar-refractivity contribution is 6.33. The molecule has 0 aliphatic heterocycles. The highest BCUT2D eigenvalue weighted by Gasteiger charge is 2.23. The van der Waals surface area contributed by atoms with Crippen LogP contribution in [-0.4, -0.2) is 0 Å². The zero-order valence-corrected chi connectivity index (χ0v) is 43.1. The van der Waals surface area contributed by atoms with E-state index in [1.807, 2.05) is 0 Å². The lowest BCUT2D eigenvalue weighted by Gasteiger charge is -2.29. The van der Waals surface area contributed by atoms with E-state index in [4.69, 9.17) is 0 Å². The summed E-state index contributed by atoms with van der Waals surface area (Å²) in [6.45, 7) is 0. The van der Waals surface area contributed by atoms with Crippen LogP contribution in [0, 0.1) is 0 Å². The zero-order valence-electron chi connectivity index (χ0n) is 43.1. The molecule has 0 aromatic heterocycles. The molecule has 15 rings (SSSR count). The van der Waals surface area contributed by atoms with Crippen molar-refractivity contribution in [1.29, 1.82) is 0 Å². The minimum absolute atomic E-state index is 0.614. The molecule has 0 N–H and O–H groups in total. The first kappa shape index (κ1) is 45.0. The Balaban J connectivity index is 0.920. The molecule has 0 amide bonds. The lowest BCUT2D eigenvalue weighted by molar-refractivity contribution is 0.443. The third kappa shape index (κ3) is 7.76. The molecule has 0 radical (unpaired) electrons. The molecule has 0 atom stereocenters. The fourth-order valence-corrected chi connectivity index (χ4v) is 13.9. The van der Waals surface area contributed by atoms with Crippen LogP contribution in [0.4, 0.5) is 34.1 Å². The summed E-state index contributed by atoms with van der Waals surface area (Å²) in [4.78, 5) is 5.00. The zero-order chi connectivity index (χ0) is 50.1. The molecule has 366 valence electrons.